The summed E-state index contributed by atoms with van der Waals surface area (Å²) in [6.45, 7) is 11.8. The summed E-state index contributed by atoms with van der Waals surface area (Å²) in [4.78, 5) is 2.40. The number of anilines is 1. The van der Waals surface area contributed by atoms with Gasteiger partial charge in [-0.15, -0.1) is 0 Å². The van der Waals surface area contributed by atoms with Gasteiger partial charge in [0, 0.05) is 25.2 Å². The summed E-state index contributed by atoms with van der Waals surface area (Å²) in [5.74, 6) is 0.883. The van der Waals surface area contributed by atoms with Gasteiger partial charge >= 0.3 is 0 Å². The summed E-state index contributed by atoms with van der Waals surface area (Å²) in [6, 6.07) is 6.47. The van der Waals surface area contributed by atoms with Crippen molar-refractivity contribution >= 4 is 17.3 Å². The molecule has 2 rings (SSSR count). The monoisotopic (exact) mass is 294 g/mol. The summed E-state index contributed by atoms with van der Waals surface area (Å²) >= 11 is 6.49. The van der Waals surface area contributed by atoms with Crippen LogP contribution in [-0.4, -0.2) is 18.6 Å². The molecule has 1 aromatic carbocycles. The lowest BCUT2D eigenvalue weighted by atomic mass is 10.1. The third kappa shape index (κ3) is 4.68. The second-order valence-electron chi connectivity index (χ2n) is 6.87. The lowest BCUT2D eigenvalue weighted by Gasteiger charge is -2.25. The zero-order valence-corrected chi connectivity index (χ0v) is 13.9. The van der Waals surface area contributed by atoms with Gasteiger partial charge < -0.3 is 10.2 Å². The second kappa shape index (κ2) is 6.36. The Balaban J connectivity index is 2.04. The SMILES string of the molecule is CCN(CC1CC1)c1ccc(CNC(C)(C)C)cc1Cl. The Labute approximate surface area is 128 Å². The van der Waals surface area contributed by atoms with E-state index in [2.05, 4.69) is 56.1 Å². The normalized spacial score (nSPS) is 15.4. The maximum atomic E-state index is 6.49. The predicted octanol–water partition coefficient (Wildman–Crippen LogP) is 4.46. The zero-order chi connectivity index (χ0) is 14.8. The minimum atomic E-state index is 0.132. The van der Waals surface area contributed by atoms with Crippen LogP contribution < -0.4 is 10.2 Å². The molecule has 1 aliphatic carbocycles. The number of hydrogen-bond donors (Lipinski definition) is 1. The molecule has 1 saturated carbocycles. The van der Waals surface area contributed by atoms with Crippen LogP contribution in [0.1, 0.15) is 46.1 Å². The van der Waals surface area contributed by atoms with Crippen molar-refractivity contribution in [2.75, 3.05) is 18.0 Å². The first kappa shape index (κ1) is 15.7. The Morgan fingerprint density at radius 2 is 2.00 bits per heavy atom. The van der Waals surface area contributed by atoms with Crippen molar-refractivity contribution in [3.63, 3.8) is 0 Å². The van der Waals surface area contributed by atoms with Crippen LogP contribution in [0.2, 0.25) is 5.02 Å². The van der Waals surface area contributed by atoms with Crippen LogP contribution in [0.15, 0.2) is 18.2 Å². The maximum absolute atomic E-state index is 6.49. The molecule has 0 aliphatic heterocycles. The highest BCUT2D eigenvalue weighted by atomic mass is 35.5. The highest BCUT2D eigenvalue weighted by Gasteiger charge is 2.24. The number of hydrogen-bond acceptors (Lipinski definition) is 2. The first-order chi connectivity index (χ1) is 9.39. The highest BCUT2D eigenvalue weighted by Crippen LogP contribution is 2.34. The average molecular weight is 295 g/mol. The van der Waals surface area contributed by atoms with Crippen molar-refractivity contribution in [3.05, 3.63) is 28.8 Å². The molecule has 3 heteroatoms. The molecule has 0 aromatic heterocycles. The quantitative estimate of drug-likeness (QED) is 0.833. The average Bonchev–Trinajstić information content (AvgIpc) is 3.17. The standard InChI is InChI=1S/C17H27ClN2/c1-5-20(12-13-6-7-13)16-9-8-14(10-15(16)18)11-19-17(2,3)4/h8-10,13,19H,5-7,11-12H2,1-4H3. The number of rotatable bonds is 6. The lowest BCUT2D eigenvalue weighted by Crippen LogP contribution is -2.35. The summed E-state index contributed by atoms with van der Waals surface area (Å²) < 4.78 is 0. The fourth-order valence-electron chi connectivity index (χ4n) is 2.29. The molecule has 1 aliphatic rings. The molecule has 0 bridgehead atoms. The van der Waals surface area contributed by atoms with Gasteiger partial charge in [-0.25, -0.2) is 0 Å². The largest absolute Gasteiger partial charge is 0.370 e. The number of halogens is 1. The van der Waals surface area contributed by atoms with E-state index in [1.54, 1.807) is 0 Å². The van der Waals surface area contributed by atoms with Gasteiger partial charge in [-0.05, 0) is 64.2 Å². The molecule has 1 N–H and O–H groups in total. The van der Waals surface area contributed by atoms with Crippen molar-refractivity contribution in [1.29, 1.82) is 0 Å². The molecule has 1 fully saturated rings. The smallest absolute Gasteiger partial charge is 0.0642 e. The first-order valence-corrected chi connectivity index (χ1v) is 8.05. The van der Waals surface area contributed by atoms with Crippen molar-refractivity contribution in [1.82, 2.24) is 5.32 Å². The third-order valence-corrected chi connectivity index (χ3v) is 4.04. The molecule has 0 radical (unpaired) electrons. The van der Waals surface area contributed by atoms with Crippen LogP contribution in [0.4, 0.5) is 5.69 Å². The minimum Gasteiger partial charge on any atom is -0.370 e. The van der Waals surface area contributed by atoms with E-state index in [1.165, 1.54) is 24.1 Å². The van der Waals surface area contributed by atoms with E-state index in [0.29, 0.717) is 0 Å². The number of nitrogens with one attached hydrogen (secondary N) is 1. The van der Waals surface area contributed by atoms with Crippen molar-refractivity contribution < 1.29 is 0 Å². The van der Waals surface area contributed by atoms with Gasteiger partial charge in [0.05, 0.1) is 10.7 Å². The summed E-state index contributed by atoms with van der Waals surface area (Å²) in [5, 5.41) is 4.37. The fourth-order valence-corrected chi connectivity index (χ4v) is 2.62. The van der Waals surface area contributed by atoms with Gasteiger partial charge in [0.15, 0.2) is 0 Å². The topological polar surface area (TPSA) is 15.3 Å². The molecular formula is C17H27ClN2. The molecule has 112 valence electrons. The Morgan fingerprint density at radius 3 is 2.50 bits per heavy atom. The van der Waals surface area contributed by atoms with E-state index in [0.717, 1.165) is 30.6 Å². The van der Waals surface area contributed by atoms with E-state index in [-0.39, 0.29) is 5.54 Å². The second-order valence-corrected chi connectivity index (χ2v) is 7.28. The molecule has 0 atom stereocenters. The molecule has 0 amide bonds. The molecule has 0 heterocycles. The Bertz CT molecular complexity index is 447. The summed E-state index contributed by atoms with van der Waals surface area (Å²) in [6.07, 6.45) is 2.75. The molecule has 0 saturated heterocycles. The predicted molar refractivity (Wildman–Crippen MR) is 88.7 cm³/mol. The van der Waals surface area contributed by atoms with Gasteiger partial charge in [0.1, 0.15) is 0 Å². The zero-order valence-electron chi connectivity index (χ0n) is 13.2. The fraction of sp³-hybridized carbons (Fsp3) is 0.647. The Morgan fingerprint density at radius 1 is 1.30 bits per heavy atom. The lowest BCUT2D eigenvalue weighted by molar-refractivity contribution is 0.424. The van der Waals surface area contributed by atoms with Crippen molar-refractivity contribution in [3.8, 4) is 0 Å². The van der Waals surface area contributed by atoms with Gasteiger partial charge in [-0.3, -0.25) is 0 Å². The van der Waals surface area contributed by atoms with Gasteiger partial charge in [0.25, 0.3) is 0 Å². The molecular weight excluding hydrogens is 268 g/mol. The van der Waals surface area contributed by atoms with Crippen LogP contribution in [0.5, 0.6) is 0 Å². The van der Waals surface area contributed by atoms with Crippen LogP contribution in [0, 0.1) is 5.92 Å². The number of benzene rings is 1. The van der Waals surface area contributed by atoms with E-state index >= 15 is 0 Å². The Kier molecular flexibility index (Phi) is 4.98. The van der Waals surface area contributed by atoms with E-state index in [9.17, 15) is 0 Å². The van der Waals surface area contributed by atoms with Crippen molar-refractivity contribution in [2.24, 2.45) is 5.92 Å². The summed E-state index contributed by atoms with van der Waals surface area (Å²) in [7, 11) is 0. The molecule has 20 heavy (non-hydrogen) atoms. The first-order valence-electron chi connectivity index (χ1n) is 7.67. The third-order valence-electron chi connectivity index (χ3n) is 3.73. The highest BCUT2D eigenvalue weighted by molar-refractivity contribution is 6.33. The van der Waals surface area contributed by atoms with E-state index in [1.807, 2.05) is 0 Å². The van der Waals surface area contributed by atoms with Crippen molar-refractivity contribution in [2.45, 2.75) is 52.6 Å². The number of nitrogens with zero attached hydrogens (tertiary/aromatic N) is 1. The van der Waals surface area contributed by atoms with Crippen LogP contribution in [0.25, 0.3) is 0 Å². The van der Waals surface area contributed by atoms with Gasteiger partial charge in [0.2, 0.25) is 0 Å². The minimum absolute atomic E-state index is 0.132. The molecule has 2 nitrogen and oxygen atoms in total. The van der Waals surface area contributed by atoms with Gasteiger partial charge in [-0.1, -0.05) is 17.7 Å². The van der Waals surface area contributed by atoms with E-state index in [4.69, 9.17) is 11.6 Å². The van der Waals surface area contributed by atoms with Crippen LogP contribution >= 0.6 is 11.6 Å². The van der Waals surface area contributed by atoms with Crippen LogP contribution in [-0.2, 0) is 6.54 Å². The summed E-state index contributed by atoms with van der Waals surface area (Å²) in [5.41, 5.74) is 2.56. The molecule has 0 unspecified atom stereocenters. The molecule has 0 spiro atoms. The van der Waals surface area contributed by atoms with Gasteiger partial charge in [-0.2, -0.15) is 0 Å². The molecule has 1 aromatic rings. The van der Waals surface area contributed by atoms with E-state index < -0.39 is 0 Å². The maximum Gasteiger partial charge on any atom is 0.0642 e. The Hall–Kier alpha value is -0.730. The van der Waals surface area contributed by atoms with Crippen LogP contribution in [0.3, 0.4) is 0 Å².